The summed E-state index contributed by atoms with van der Waals surface area (Å²) in [6.45, 7) is 11.5. The van der Waals surface area contributed by atoms with E-state index in [1.54, 1.807) is 18.5 Å². The number of hydrogen-bond acceptors (Lipinski definition) is 3. The number of benzene rings is 1. The molecule has 1 saturated heterocycles. The number of imidazole rings is 1. The first-order chi connectivity index (χ1) is 14.4. The van der Waals surface area contributed by atoms with Gasteiger partial charge in [0.05, 0.1) is 33.4 Å². The summed E-state index contributed by atoms with van der Waals surface area (Å²) < 4.78 is 8.69. The van der Waals surface area contributed by atoms with Crippen LogP contribution in [0, 0.1) is 0 Å². The van der Waals surface area contributed by atoms with Gasteiger partial charge in [-0.2, -0.15) is 0 Å². The lowest BCUT2D eigenvalue weighted by Crippen LogP contribution is -2.43. The molecule has 1 N–H and O–H groups in total. The van der Waals surface area contributed by atoms with Crippen LogP contribution in [0.5, 0.6) is 0 Å². The van der Waals surface area contributed by atoms with Gasteiger partial charge in [0.2, 0.25) is 0 Å². The minimum Gasteiger partial charge on any atom is -0.465 e. The number of carbonyl (C=O) groups is 1. The molecular formula is C22H31Cl2N3O3Si. The minimum atomic E-state index is -2.15. The molecule has 0 saturated carbocycles. The number of rotatable bonds is 5. The maximum absolute atomic E-state index is 11.7. The van der Waals surface area contributed by atoms with Crippen LogP contribution in [0.1, 0.15) is 46.3 Å². The van der Waals surface area contributed by atoms with E-state index in [2.05, 4.69) is 38.8 Å². The average Bonchev–Trinajstić information content (AvgIpc) is 3.07. The van der Waals surface area contributed by atoms with E-state index in [1.807, 2.05) is 16.7 Å². The first-order valence-electron chi connectivity index (χ1n) is 10.6. The molecule has 0 spiro atoms. The van der Waals surface area contributed by atoms with Gasteiger partial charge in [-0.25, -0.2) is 9.78 Å². The first-order valence-corrected chi connectivity index (χ1v) is 14.2. The van der Waals surface area contributed by atoms with E-state index in [4.69, 9.17) is 27.6 Å². The lowest BCUT2D eigenvalue weighted by atomic mass is 10.0. The largest absolute Gasteiger partial charge is 0.465 e. The van der Waals surface area contributed by atoms with Gasteiger partial charge < -0.3 is 19.0 Å². The first kappa shape index (κ1) is 24.1. The zero-order valence-electron chi connectivity index (χ0n) is 18.7. The topological polar surface area (TPSA) is 67.6 Å². The lowest BCUT2D eigenvalue weighted by Gasteiger charge is -2.39. The molecule has 1 amide bonds. The van der Waals surface area contributed by atoms with Crippen molar-refractivity contribution in [3.63, 3.8) is 0 Å². The molecule has 1 aromatic heterocycles. The Morgan fingerprint density at radius 3 is 2.61 bits per heavy atom. The highest BCUT2D eigenvalue weighted by Gasteiger charge is 2.39. The summed E-state index contributed by atoms with van der Waals surface area (Å²) in [6.07, 6.45) is 7.06. The number of fused-ring (bicyclic) bond motifs is 1. The van der Waals surface area contributed by atoms with Crippen molar-refractivity contribution in [3.8, 4) is 0 Å². The lowest BCUT2D eigenvalue weighted by molar-refractivity contribution is 0.118. The number of hydrogen-bond donors (Lipinski definition) is 1. The van der Waals surface area contributed by atoms with Crippen LogP contribution in [0.3, 0.4) is 0 Å². The molecule has 1 aliphatic heterocycles. The summed E-state index contributed by atoms with van der Waals surface area (Å²) in [5.41, 5.74) is 1.55. The number of likely N-dealkylation sites (tertiary alicyclic amines) is 1. The van der Waals surface area contributed by atoms with Crippen molar-refractivity contribution < 1.29 is 14.3 Å². The van der Waals surface area contributed by atoms with Gasteiger partial charge in [0, 0.05) is 6.54 Å². The van der Waals surface area contributed by atoms with Gasteiger partial charge >= 0.3 is 6.09 Å². The standard InChI is InChI=1S/C22H31Cl2N3O3Si/c1-22(2,3)31(4,5)30-20(10-9-15-8-6-7-11-26(15)21(28)29)27-14-25-18-12-16(23)17(24)13-19(18)27/h9-10,12-15,20H,6-8,11H2,1-5H3,(H,28,29)/b10-9+/t15?,20-/m0/s1. The third-order valence-electron chi connectivity index (χ3n) is 6.41. The smallest absolute Gasteiger partial charge is 0.407 e. The Morgan fingerprint density at radius 2 is 1.97 bits per heavy atom. The number of aromatic nitrogens is 2. The molecule has 170 valence electrons. The van der Waals surface area contributed by atoms with Gasteiger partial charge in [-0.05, 0) is 55.6 Å². The van der Waals surface area contributed by atoms with E-state index in [-0.39, 0.29) is 11.1 Å². The Balaban J connectivity index is 2.01. The normalized spacial score (nSPS) is 19.3. The second kappa shape index (κ2) is 9.14. The van der Waals surface area contributed by atoms with Crippen LogP contribution in [0.2, 0.25) is 28.2 Å². The summed E-state index contributed by atoms with van der Waals surface area (Å²) in [7, 11) is -2.15. The number of nitrogens with zero attached hydrogens (tertiary/aromatic N) is 3. The van der Waals surface area contributed by atoms with Gasteiger partial charge in [0.1, 0.15) is 6.23 Å². The summed E-state index contributed by atoms with van der Waals surface area (Å²) in [5.74, 6) is 0. The maximum Gasteiger partial charge on any atom is 0.407 e. The predicted octanol–water partition coefficient (Wildman–Crippen LogP) is 6.95. The molecule has 2 heterocycles. The van der Waals surface area contributed by atoms with Gasteiger partial charge in [0.15, 0.2) is 8.32 Å². The molecule has 9 heteroatoms. The number of piperidine rings is 1. The van der Waals surface area contributed by atoms with Gasteiger partial charge in [-0.15, -0.1) is 0 Å². The van der Waals surface area contributed by atoms with E-state index in [1.165, 1.54) is 4.90 Å². The van der Waals surface area contributed by atoms with E-state index in [0.717, 1.165) is 30.3 Å². The Bertz CT molecular complexity index is 984. The molecule has 0 bridgehead atoms. The zero-order chi connectivity index (χ0) is 23.0. The summed E-state index contributed by atoms with van der Waals surface area (Å²) in [4.78, 5) is 17.7. The van der Waals surface area contributed by atoms with E-state index in [9.17, 15) is 9.90 Å². The monoisotopic (exact) mass is 483 g/mol. The van der Waals surface area contributed by atoms with Crippen LogP contribution in [0.4, 0.5) is 4.79 Å². The van der Waals surface area contributed by atoms with Crippen molar-refractivity contribution in [2.24, 2.45) is 0 Å². The van der Waals surface area contributed by atoms with Crippen LogP contribution in [-0.2, 0) is 4.43 Å². The van der Waals surface area contributed by atoms with Crippen LogP contribution < -0.4 is 0 Å². The molecule has 1 fully saturated rings. The summed E-state index contributed by atoms with van der Waals surface area (Å²) in [6, 6.07) is 3.38. The molecule has 1 aliphatic rings. The second-order valence-electron chi connectivity index (χ2n) is 9.60. The van der Waals surface area contributed by atoms with Crippen LogP contribution >= 0.6 is 23.2 Å². The fourth-order valence-corrected chi connectivity index (χ4v) is 4.98. The van der Waals surface area contributed by atoms with E-state index in [0.29, 0.717) is 16.6 Å². The van der Waals surface area contributed by atoms with Gasteiger partial charge in [-0.3, -0.25) is 0 Å². The molecule has 2 atom stereocenters. The Labute approximate surface area is 194 Å². The molecule has 3 rings (SSSR count). The third kappa shape index (κ3) is 5.27. The quantitative estimate of drug-likeness (QED) is 0.368. The van der Waals surface area contributed by atoms with E-state index < -0.39 is 20.6 Å². The summed E-state index contributed by atoms with van der Waals surface area (Å²) in [5, 5.41) is 10.5. The van der Waals surface area contributed by atoms with Gasteiger partial charge in [0.25, 0.3) is 0 Å². The highest BCUT2D eigenvalue weighted by atomic mass is 35.5. The summed E-state index contributed by atoms with van der Waals surface area (Å²) >= 11 is 12.5. The molecular weight excluding hydrogens is 453 g/mol. The Morgan fingerprint density at radius 1 is 1.29 bits per heavy atom. The molecule has 6 nitrogen and oxygen atoms in total. The Kier molecular flexibility index (Phi) is 7.10. The highest BCUT2D eigenvalue weighted by molar-refractivity contribution is 6.74. The van der Waals surface area contributed by atoms with Crippen molar-refractivity contribution in [2.75, 3.05) is 6.54 Å². The predicted molar refractivity (Wildman–Crippen MR) is 129 cm³/mol. The minimum absolute atomic E-state index is 0.00830. The second-order valence-corrected chi connectivity index (χ2v) is 15.2. The van der Waals surface area contributed by atoms with Crippen molar-refractivity contribution in [3.05, 3.63) is 40.7 Å². The third-order valence-corrected chi connectivity index (χ3v) is 11.6. The van der Waals surface area contributed by atoms with Gasteiger partial charge in [-0.1, -0.05) is 50.0 Å². The van der Waals surface area contributed by atoms with Crippen LogP contribution in [0.15, 0.2) is 30.6 Å². The fourth-order valence-electron chi connectivity index (χ4n) is 3.51. The molecule has 31 heavy (non-hydrogen) atoms. The van der Waals surface area contributed by atoms with Crippen LogP contribution in [0.25, 0.3) is 11.0 Å². The van der Waals surface area contributed by atoms with Crippen molar-refractivity contribution >= 4 is 48.6 Å². The van der Waals surface area contributed by atoms with Crippen molar-refractivity contribution in [1.29, 1.82) is 0 Å². The molecule has 1 aromatic carbocycles. The molecule has 1 unspecified atom stereocenters. The number of carboxylic acid groups (broad SMARTS) is 1. The molecule has 0 aliphatic carbocycles. The van der Waals surface area contributed by atoms with Crippen molar-refractivity contribution in [2.45, 2.75) is 70.4 Å². The number of amides is 1. The van der Waals surface area contributed by atoms with Crippen molar-refractivity contribution in [1.82, 2.24) is 14.5 Å². The fraction of sp³-hybridized carbons (Fsp3) is 0.545. The maximum atomic E-state index is 11.7. The molecule has 2 aromatic rings. The average molecular weight is 485 g/mol. The number of halogens is 2. The zero-order valence-corrected chi connectivity index (χ0v) is 21.2. The van der Waals surface area contributed by atoms with Crippen LogP contribution in [-0.4, -0.2) is 46.6 Å². The Hall–Kier alpha value is -1.54. The molecule has 0 radical (unpaired) electrons. The highest BCUT2D eigenvalue weighted by Crippen LogP contribution is 2.40. The SMILES string of the molecule is CC(C)(C)[Si](C)(C)O[C@@H](/C=C/C1CCCCN1C(=O)O)n1cnc2cc(Cl)c(Cl)cc21. The van der Waals surface area contributed by atoms with E-state index >= 15 is 0 Å².